The lowest BCUT2D eigenvalue weighted by Crippen LogP contribution is -2.07. The van der Waals surface area contributed by atoms with Crippen LogP contribution in [0.15, 0.2) is 29.8 Å². The average Bonchev–Trinajstić information content (AvgIpc) is 2.19. The van der Waals surface area contributed by atoms with Crippen molar-refractivity contribution in [2.75, 3.05) is 0 Å². The number of carbonyl (C=O) groups is 1. The van der Waals surface area contributed by atoms with Crippen molar-refractivity contribution in [2.45, 2.75) is 27.2 Å². The molecule has 1 aromatic carbocycles. The van der Waals surface area contributed by atoms with Crippen LogP contribution in [0, 0.1) is 6.92 Å². The lowest BCUT2D eigenvalue weighted by atomic mass is 10.0. The second kappa shape index (κ2) is 4.78. The molecule has 0 spiro atoms. The van der Waals surface area contributed by atoms with Crippen molar-refractivity contribution in [3.05, 3.63) is 41.0 Å². The molecule has 2 heteroatoms. The van der Waals surface area contributed by atoms with Gasteiger partial charge in [-0.1, -0.05) is 36.8 Å². The molecule has 0 bridgehead atoms. The van der Waals surface area contributed by atoms with E-state index in [0.29, 0.717) is 17.7 Å². The number of nitrogens with two attached hydrogens (primary N) is 1. The second-order valence-corrected chi connectivity index (χ2v) is 3.67. The highest BCUT2D eigenvalue weighted by Gasteiger charge is 2.08. The molecule has 2 nitrogen and oxygen atoms in total. The molecule has 0 unspecified atom stereocenters. The Morgan fingerprint density at radius 3 is 2.20 bits per heavy atom. The molecule has 0 radical (unpaired) electrons. The Morgan fingerprint density at radius 1 is 1.27 bits per heavy atom. The van der Waals surface area contributed by atoms with Gasteiger partial charge in [-0.05, 0) is 25.8 Å². The van der Waals surface area contributed by atoms with E-state index >= 15 is 0 Å². The van der Waals surface area contributed by atoms with E-state index < -0.39 is 0 Å². The lowest BCUT2D eigenvalue weighted by Gasteiger charge is -2.07. The Labute approximate surface area is 90.8 Å². The van der Waals surface area contributed by atoms with Crippen molar-refractivity contribution < 1.29 is 4.79 Å². The van der Waals surface area contributed by atoms with Crippen molar-refractivity contribution >= 4 is 11.5 Å². The highest BCUT2D eigenvalue weighted by molar-refractivity contribution is 6.00. The Morgan fingerprint density at radius 2 is 1.80 bits per heavy atom. The summed E-state index contributed by atoms with van der Waals surface area (Å²) in [5.41, 5.74) is 9.38. The molecule has 0 aliphatic heterocycles. The van der Waals surface area contributed by atoms with E-state index in [4.69, 9.17) is 5.73 Å². The maximum absolute atomic E-state index is 11.3. The molecule has 2 N–H and O–H groups in total. The molecule has 0 saturated carbocycles. The Bertz CT molecular complexity index is 388. The van der Waals surface area contributed by atoms with Crippen LogP contribution in [0.1, 0.15) is 31.4 Å². The molecule has 0 fully saturated rings. The largest absolute Gasteiger partial charge is 0.398 e. The molecule has 0 amide bonds. The minimum atomic E-state index is 0.0515. The predicted octanol–water partition coefficient (Wildman–Crippen LogP) is 2.66. The fraction of sp³-hybridized carbons (Fsp3) is 0.308. The molecule has 1 rings (SSSR count). The van der Waals surface area contributed by atoms with Crippen molar-refractivity contribution in [2.24, 2.45) is 5.73 Å². The third-order valence-corrected chi connectivity index (χ3v) is 2.47. The van der Waals surface area contributed by atoms with Gasteiger partial charge in [0.2, 0.25) is 0 Å². The van der Waals surface area contributed by atoms with Crippen LogP contribution in [0.2, 0.25) is 0 Å². The van der Waals surface area contributed by atoms with E-state index in [-0.39, 0.29) is 5.78 Å². The number of Topliss-reactive ketones (excluding diaryl/α,β-unsaturated/α-hetero) is 1. The summed E-state index contributed by atoms with van der Waals surface area (Å²) in [5, 5.41) is 0. The van der Waals surface area contributed by atoms with E-state index in [1.807, 2.05) is 38.1 Å². The first-order chi connectivity index (χ1) is 7.06. The monoisotopic (exact) mass is 203 g/mol. The number of carbonyl (C=O) groups excluding carboxylic acids is 1. The molecule has 0 atom stereocenters. The molecule has 0 aromatic heterocycles. The molecule has 0 heterocycles. The van der Waals surface area contributed by atoms with Gasteiger partial charge in [-0.2, -0.15) is 0 Å². The van der Waals surface area contributed by atoms with Gasteiger partial charge in [-0.15, -0.1) is 0 Å². The van der Waals surface area contributed by atoms with Gasteiger partial charge in [-0.3, -0.25) is 4.79 Å². The highest BCUT2D eigenvalue weighted by atomic mass is 16.1. The van der Waals surface area contributed by atoms with Crippen LogP contribution in [-0.2, 0) is 4.79 Å². The number of ketones is 1. The number of aryl methyl sites for hydroxylation is 1. The first kappa shape index (κ1) is 11.5. The maximum atomic E-state index is 11.3. The normalized spacial score (nSPS) is 12.2. The minimum Gasteiger partial charge on any atom is -0.398 e. The van der Waals surface area contributed by atoms with Crippen molar-refractivity contribution in [1.29, 1.82) is 0 Å². The van der Waals surface area contributed by atoms with Crippen molar-refractivity contribution in [3.63, 3.8) is 0 Å². The van der Waals surface area contributed by atoms with Crippen LogP contribution in [-0.4, -0.2) is 5.78 Å². The highest BCUT2D eigenvalue weighted by Crippen LogP contribution is 2.17. The average molecular weight is 203 g/mol. The molecular formula is C13H17NO. The van der Waals surface area contributed by atoms with Gasteiger partial charge in [0.15, 0.2) is 5.78 Å². The van der Waals surface area contributed by atoms with Crippen molar-refractivity contribution in [1.82, 2.24) is 0 Å². The van der Waals surface area contributed by atoms with Gasteiger partial charge in [0.05, 0.1) is 0 Å². The molecule has 0 aliphatic carbocycles. The van der Waals surface area contributed by atoms with E-state index in [2.05, 4.69) is 0 Å². The van der Waals surface area contributed by atoms with Crippen LogP contribution >= 0.6 is 0 Å². The first-order valence-electron chi connectivity index (χ1n) is 5.12. The smallest absolute Gasteiger partial charge is 0.157 e. The van der Waals surface area contributed by atoms with Crippen molar-refractivity contribution in [3.8, 4) is 0 Å². The Balaban J connectivity index is 3.16. The number of hydrogen-bond acceptors (Lipinski definition) is 2. The second-order valence-electron chi connectivity index (χ2n) is 3.67. The Hall–Kier alpha value is -1.57. The van der Waals surface area contributed by atoms with Gasteiger partial charge in [0, 0.05) is 11.3 Å². The van der Waals surface area contributed by atoms with Crippen LogP contribution in [0.4, 0.5) is 0 Å². The van der Waals surface area contributed by atoms with Gasteiger partial charge in [0.25, 0.3) is 0 Å². The summed E-state index contributed by atoms with van der Waals surface area (Å²) in [7, 11) is 0. The van der Waals surface area contributed by atoms with E-state index in [1.54, 1.807) is 6.92 Å². The summed E-state index contributed by atoms with van der Waals surface area (Å²) in [4.78, 5) is 11.3. The van der Waals surface area contributed by atoms with Gasteiger partial charge >= 0.3 is 0 Å². The topological polar surface area (TPSA) is 43.1 Å². The molecule has 15 heavy (non-hydrogen) atoms. The number of rotatable bonds is 3. The molecule has 0 aliphatic rings. The van der Waals surface area contributed by atoms with Gasteiger partial charge in [-0.25, -0.2) is 0 Å². The van der Waals surface area contributed by atoms with Gasteiger partial charge < -0.3 is 5.73 Å². The SMILES string of the molecule is CC/C(C(C)=O)=C(/N)c1ccc(C)cc1. The van der Waals surface area contributed by atoms with E-state index in [1.165, 1.54) is 5.56 Å². The zero-order valence-corrected chi connectivity index (χ0v) is 9.50. The molecule has 1 aromatic rings. The summed E-state index contributed by atoms with van der Waals surface area (Å²) in [6.07, 6.45) is 0.676. The molecule has 0 saturated heterocycles. The van der Waals surface area contributed by atoms with Gasteiger partial charge in [0.1, 0.15) is 0 Å². The summed E-state index contributed by atoms with van der Waals surface area (Å²) in [5.74, 6) is 0.0515. The number of allylic oxidation sites excluding steroid dienone is 1. The summed E-state index contributed by atoms with van der Waals surface area (Å²) < 4.78 is 0. The molecule has 80 valence electrons. The lowest BCUT2D eigenvalue weighted by molar-refractivity contribution is -0.113. The zero-order chi connectivity index (χ0) is 11.4. The standard InChI is InChI=1S/C13H17NO/c1-4-12(10(3)15)13(14)11-7-5-9(2)6-8-11/h5-8H,4,14H2,1-3H3/b13-12-. The minimum absolute atomic E-state index is 0.0515. The third-order valence-electron chi connectivity index (χ3n) is 2.47. The summed E-state index contributed by atoms with van der Waals surface area (Å²) in [6.45, 7) is 5.52. The predicted molar refractivity (Wildman–Crippen MR) is 63.3 cm³/mol. The number of benzene rings is 1. The first-order valence-corrected chi connectivity index (χ1v) is 5.12. The van der Waals surface area contributed by atoms with E-state index in [0.717, 1.165) is 5.56 Å². The quantitative estimate of drug-likeness (QED) is 0.767. The van der Waals surface area contributed by atoms with Crippen LogP contribution < -0.4 is 5.73 Å². The fourth-order valence-electron chi connectivity index (χ4n) is 1.54. The van der Waals surface area contributed by atoms with Crippen LogP contribution in [0.5, 0.6) is 0 Å². The summed E-state index contributed by atoms with van der Waals surface area (Å²) in [6, 6.07) is 7.89. The molecular weight excluding hydrogens is 186 g/mol. The fourth-order valence-corrected chi connectivity index (χ4v) is 1.54. The summed E-state index contributed by atoms with van der Waals surface area (Å²) >= 11 is 0. The maximum Gasteiger partial charge on any atom is 0.157 e. The van der Waals surface area contributed by atoms with Crippen LogP contribution in [0.25, 0.3) is 5.70 Å². The third kappa shape index (κ3) is 2.69. The Kier molecular flexibility index (Phi) is 3.67. The number of hydrogen-bond donors (Lipinski definition) is 1. The zero-order valence-electron chi connectivity index (χ0n) is 9.50. The van der Waals surface area contributed by atoms with E-state index in [9.17, 15) is 4.79 Å². The van der Waals surface area contributed by atoms with Crippen LogP contribution in [0.3, 0.4) is 0 Å².